The first-order valence-electron chi connectivity index (χ1n) is 15.3. The van der Waals surface area contributed by atoms with E-state index < -0.39 is 0 Å². The summed E-state index contributed by atoms with van der Waals surface area (Å²) in [4.78, 5) is 14.2. The molecule has 0 saturated heterocycles. The molecule has 0 N–H and O–H groups in total. The quantitative estimate of drug-likeness (QED) is 0.167. The average Bonchev–Trinajstić information content (AvgIpc) is 3.78. The maximum Gasteiger partial charge on any atom is 0.527 e. The lowest BCUT2D eigenvalue weighted by Gasteiger charge is -2.42. The molecule has 2 heterocycles. The van der Waals surface area contributed by atoms with Gasteiger partial charge in [0.1, 0.15) is 18.1 Å². The predicted molar refractivity (Wildman–Crippen MR) is 186 cm³/mol. The number of allylic oxidation sites excluding steroid dienone is 4. The molecule has 1 aliphatic heterocycles. The molecule has 7 rings (SSSR count). The Morgan fingerprint density at radius 3 is 2.11 bits per heavy atom. The Balaban J connectivity index is 1.55. The summed E-state index contributed by atoms with van der Waals surface area (Å²) in [6.45, 7) is 30.0. The van der Waals surface area contributed by atoms with Crippen molar-refractivity contribution in [2.45, 2.75) is 51.9 Å². The lowest BCUT2D eigenvalue weighted by atomic mass is 9.70. The minimum Gasteiger partial charge on any atom is -0.301 e. The Labute approximate surface area is 274 Å². The molecule has 5 nitrogen and oxygen atoms in total. The molecule has 220 valence electrons. The minimum atomic E-state index is -0.106. The number of aryl methyl sites for hydroxylation is 3. The van der Waals surface area contributed by atoms with E-state index in [1.54, 1.807) is 11.3 Å². The number of para-hydroxylation sites is 1. The van der Waals surface area contributed by atoms with Gasteiger partial charge in [0.2, 0.25) is 0 Å². The van der Waals surface area contributed by atoms with Gasteiger partial charge in [-0.2, -0.15) is 9.69 Å². The first kappa shape index (κ1) is 29.1. The van der Waals surface area contributed by atoms with Crippen LogP contribution >= 0.6 is 11.3 Å². The third kappa shape index (κ3) is 4.16. The average molecular weight is 612 g/mol. The largest absolute Gasteiger partial charge is 0.527 e. The van der Waals surface area contributed by atoms with Gasteiger partial charge in [0.05, 0.1) is 29.6 Å². The fourth-order valence-electron chi connectivity index (χ4n) is 7.96. The molecule has 1 aromatic heterocycles. The monoisotopic (exact) mass is 611 g/mol. The molecular formula is C40H29N5S. The fourth-order valence-corrected chi connectivity index (χ4v) is 9.18. The maximum atomic E-state index is 10.0. The van der Waals surface area contributed by atoms with Crippen molar-refractivity contribution in [3.05, 3.63) is 162 Å². The van der Waals surface area contributed by atoms with Crippen LogP contribution in [-0.2, 0) is 5.41 Å². The van der Waals surface area contributed by atoms with E-state index in [9.17, 15) is 5.26 Å². The van der Waals surface area contributed by atoms with E-state index in [2.05, 4.69) is 88.7 Å². The molecule has 1 spiro atoms. The van der Waals surface area contributed by atoms with Gasteiger partial charge in [0.15, 0.2) is 0 Å². The lowest BCUT2D eigenvalue weighted by molar-refractivity contribution is 0.532. The van der Waals surface area contributed by atoms with E-state index in [1.807, 2.05) is 30.3 Å². The van der Waals surface area contributed by atoms with Crippen LogP contribution in [0.1, 0.15) is 69.5 Å². The SMILES string of the molecule is [C-]#[N+]C([N+]#[C-])=C1C(=C\c2cc3c(s2)N(c2c(C)cc(C)cc2C)c2ccccc2C32CCCC2)/C(=C(/C#N)[N+]#[C-])c2ccccc21. The second kappa shape index (κ2) is 11.1. The molecule has 0 amide bonds. The minimum absolute atomic E-state index is 0.0449. The summed E-state index contributed by atoms with van der Waals surface area (Å²) in [5, 5.41) is 11.2. The van der Waals surface area contributed by atoms with Crippen molar-refractivity contribution >= 4 is 44.9 Å². The molecule has 46 heavy (non-hydrogen) atoms. The van der Waals surface area contributed by atoms with Crippen molar-refractivity contribution < 1.29 is 0 Å². The summed E-state index contributed by atoms with van der Waals surface area (Å²) in [7, 11) is 0. The number of nitriles is 1. The standard InChI is InChI=1S/C40H29N5S/c1-24-19-25(2)37(26(3)20-24)45-34-16-10-9-15-31(34)40(17-11-12-18-40)32-22-27(46-39(32)45)21-30-35(33(23-41)42-4)28-13-7-8-14-29(28)36(30)38(43-5)44-6/h7-10,13-16,19-22H,11-12,17-18H2,1-3H3/b30-21-,35-33-. The Bertz CT molecular complexity index is 2120. The molecule has 3 aliphatic rings. The smallest absolute Gasteiger partial charge is 0.301 e. The van der Waals surface area contributed by atoms with Crippen LogP contribution in [-0.4, -0.2) is 0 Å². The van der Waals surface area contributed by atoms with Crippen LogP contribution in [0.5, 0.6) is 0 Å². The molecule has 3 aromatic carbocycles. The van der Waals surface area contributed by atoms with Gasteiger partial charge in [-0.25, -0.2) is 10.1 Å². The Morgan fingerprint density at radius 1 is 0.848 bits per heavy atom. The normalized spacial score (nSPS) is 17.4. The molecule has 1 saturated carbocycles. The van der Waals surface area contributed by atoms with Crippen LogP contribution < -0.4 is 4.90 Å². The second-order valence-electron chi connectivity index (χ2n) is 12.2. The Morgan fingerprint density at radius 2 is 1.48 bits per heavy atom. The highest BCUT2D eigenvalue weighted by Crippen LogP contribution is 2.61. The van der Waals surface area contributed by atoms with Crippen LogP contribution in [0.25, 0.3) is 31.8 Å². The third-order valence-corrected chi connectivity index (χ3v) is 10.7. The van der Waals surface area contributed by atoms with Crippen molar-refractivity contribution in [3.63, 3.8) is 0 Å². The molecule has 1 fully saturated rings. The molecule has 2 aliphatic carbocycles. The van der Waals surface area contributed by atoms with Crippen molar-refractivity contribution in [3.8, 4) is 6.07 Å². The molecular weight excluding hydrogens is 583 g/mol. The van der Waals surface area contributed by atoms with E-state index in [4.69, 9.17) is 19.7 Å². The van der Waals surface area contributed by atoms with Crippen LogP contribution in [0.2, 0.25) is 0 Å². The summed E-state index contributed by atoms with van der Waals surface area (Å²) < 4.78 is 0. The number of hydrogen-bond acceptors (Lipinski definition) is 3. The maximum absolute atomic E-state index is 10.0. The van der Waals surface area contributed by atoms with Gasteiger partial charge < -0.3 is 4.90 Å². The van der Waals surface area contributed by atoms with Crippen LogP contribution in [0.3, 0.4) is 0 Å². The summed E-state index contributed by atoms with van der Waals surface area (Å²) in [6.07, 6.45) is 6.47. The molecule has 6 heteroatoms. The predicted octanol–water partition coefficient (Wildman–Crippen LogP) is 11.1. The highest BCUT2D eigenvalue weighted by Gasteiger charge is 2.47. The van der Waals surface area contributed by atoms with E-state index in [0.717, 1.165) is 30.6 Å². The van der Waals surface area contributed by atoms with E-state index in [-0.39, 0.29) is 16.9 Å². The van der Waals surface area contributed by atoms with Gasteiger partial charge in [-0.05, 0) is 90.8 Å². The zero-order valence-corrected chi connectivity index (χ0v) is 26.7. The number of fused-ring (bicyclic) bond motifs is 5. The number of thiophene rings is 1. The first-order chi connectivity index (χ1) is 22.4. The van der Waals surface area contributed by atoms with Crippen LogP contribution in [0.4, 0.5) is 16.4 Å². The van der Waals surface area contributed by atoms with Gasteiger partial charge in [-0.15, -0.1) is 11.3 Å². The van der Waals surface area contributed by atoms with Gasteiger partial charge in [0, 0.05) is 15.9 Å². The number of benzene rings is 3. The molecule has 0 bridgehead atoms. The highest BCUT2D eigenvalue weighted by molar-refractivity contribution is 7.17. The van der Waals surface area contributed by atoms with E-state index in [0.29, 0.717) is 27.8 Å². The summed E-state index contributed by atoms with van der Waals surface area (Å²) in [5.41, 5.74) is 11.5. The summed E-state index contributed by atoms with van der Waals surface area (Å²) in [6, 6.07) is 25.2. The Hall–Kier alpha value is -5.66. The van der Waals surface area contributed by atoms with Crippen molar-refractivity contribution in [1.82, 2.24) is 0 Å². The van der Waals surface area contributed by atoms with E-state index in [1.165, 1.54) is 44.2 Å². The summed E-state index contributed by atoms with van der Waals surface area (Å²) >= 11 is 1.70. The second-order valence-corrected chi connectivity index (χ2v) is 13.3. The van der Waals surface area contributed by atoms with Crippen LogP contribution in [0.15, 0.2) is 83.8 Å². The fraction of sp³-hybridized carbons (Fsp3) is 0.200. The molecule has 0 atom stereocenters. The topological polar surface area (TPSA) is 40.1 Å². The highest BCUT2D eigenvalue weighted by atomic mass is 32.1. The number of rotatable bonds is 2. The summed E-state index contributed by atoms with van der Waals surface area (Å²) in [5.74, 6) is -0.0653. The Kier molecular flexibility index (Phi) is 6.98. The van der Waals surface area contributed by atoms with Gasteiger partial charge in [-0.1, -0.05) is 73.0 Å². The van der Waals surface area contributed by atoms with Gasteiger partial charge >= 0.3 is 5.82 Å². The van der Waals surface area contributed by atoms with E-state index >= 15 is 0 Å². The van der Waals surface area contributed by atoms with Crippen molar-refractivity contribution in [2.75, 3.05) is 4.90 Å². The number of nitrogens with zero attached hydrogens (tertiary/aromatic N) is 5. The van der Waals surface area contributed by atoms with Crippen molar-refractivity contribution in [1.29, 1.82) is 5.26 Å². The number of anilines is 3. The zero-order chi connectivity index (χ0) is 32.2. The molecule has 0 radical (unpaired) electrons. The third-order valence-electron chi connectivity index (χ3n) is 9.61. The zero-order valence-electron chi connectivity index (χ0n) is 25.9. The molecule has 0 unspecified atom stereocenters. The van der Waals surface area contributed by atoms with Gasteiger partial charge in [-0.3, -0.25) is 0 Å². The molecule has 4 aromatic rings. The first-order valence-corrected chi connectivity index (χ1v) is 16.1. The van der Waals surface area contributed by atoms with Crippen LogP contribution in [0, 0.1) is 51.8 Å². The van der Waals surface area contributed by atoms with Gasteiger partial charge in [0.25, 0.3) is 5.70 Å². The number of hydrogen-bond donors (Lipinski definition) is 0. The van der Waals surface area contributed by atoms with Crippen molar-refractivity contribution in [2.24, 2.45) is 0 Å². The lowest BCUT2D eigenvalue weighted by Crippen LogP contribution is -2.32.